The van der Waals surface area contributed by atoms with Gasteiger partial charge in [-0.15, -0.1) is 0 Å². The smallest absolute Gasteiger partial charge is 0.130 e. The SMILES string of the molecule is CCCCCC1CCC(C2CCC3CC(c4ccc(OC)cc4F)CCC3C2)CC1. The second-order valence-electron chi connectivity index (χ2n) is 10.8. The van der Waals surface area contributed by atoms with Crippen LogP contribution in [0.4, 0.5) is 4.39 Å². The maximum absolute atomic E-state index is 14.6. The minimum atomic E-state index is -0.0674. The minimum absolute atomic E-state index is 0.0674. The highest BCUT2D eigenvalue weighted by Crippen LogP contribution is 2.51. The molecular formula is C28H43FO. The van der Waals surface area contributed by atoms with Crippen LogP contribution < -0.4 is 4.74 Å². The maximum Gasteiger partial charge on any atom is 0.130 e. The van der Waals surface area contributed by atoms with Crippen molar-refractivity contribution in [2.75, 3.05) is 7.11 Å². The quantitative estimate of drug-likeness (QED) is 0.406. The monoisotopic (exact) mass is 414 g/mol. The van der Waals surface area contributed by atoms with Gasteiger partial charge in [0.25, 0.3) is 0 Å². The molecule has 3 saturated carbocycles. The van der Waals surface area contributed by atoms with Gasteiger partial charge in [-0.3, -0.25) is 0 Å². The van der Waals surface area contributed by atoms with Gasteiger partial charge in [0.2, 0.25) is 0 Å². The summed E-state index contributed by atoms with van der Waals surface area (Å²) in [5.74, 6) is 5.72. The highest BCUT2D eigenvalue weighted by atomic mass is 19.1. The van der Waals surface area contributed by atoms with E-state index < -0.39 is 0 Å². The summed E-state index contributed by atoms with van der Waals surface area (Å²) >= 11 is 0. The molecular weight excluding hydrogens is 371 g/mol. The number of halogens is 1. The zero-order valence-electron chi connectivity index (χ0n) is 19.4. The number of hydrogen-bond acceptors (Lipinski definition) is 1. The number of benzene rings is 1. The Morgan fingerprint density at radius 2 is 1.50 bits per heavy atom. The number of fused-ring (bicyclic) bond motifs is 1. The Bertz CT molecular complexity index is 663. The fourth-order valence-corrected chi connectivity index (χ4v) is 7.23. The molecule has 4 unspecified atom stereocenters. The summed E-state index contributed by atoms with van der Waals surface area (Å²) in [6.07, 6.45) is 19.7. The van der Waals surface area contributed by atoms with Crippen LogP contribution in [0, 0.1) is 35.4 Å². The molecule has 0 bridgehead atoms. The Hall–Kier alpha value is -1.05. The first kappa shape index (κ1) is 22.2. The third kappa shape index (κ3) is 5.22. The number of ether oxygens (including phenoxy) is 1. The number of hydrogen-bond donors (Lipinski definition) is 0. The molecule has 0 aliphatic heterocycles. The van der Waals surface area contributed by atoms with E-state index in [-0.39, 0.29) is 5.82 Å². The molecule has 0 amide bonds. The van der Waals surface area contributed by atoms with Crippen LogP contribution in [0.1, 0.15) is 108 Å². The van der Waals surface area contributed by atoms with Crippen molar-refractivity contribution >= 4 is 0 Å². The minimum Gasteiger partial charge on any atom is -0.497 e. The number of rotatable bonds is 7. The topological polar surface area (TPSA) is 9.23 Å². The Morgan fingerprint density at radius 1 is 0.833 bits per heavy atom. The van der Waals surface area contributed by atoms with Gasteiger partial charge in [-0.1, -0.05) is 51.5 Å². The van der Waals surface area contributed by atoms with Crippen molar-refractivity contribution in [3.05, 3.63) is 29.6 Å². The van der Waals surface area contributed by atoms with Gasteiger partial charge >= 0.3 is 0 Å². The molecule has 1 aromatic rings. The van der Waals surface area contributed by atoms with Gasteiger partial charge in [-0.05, 0) is 98.5 Å². The van der Waals surface area contributed by atoms with E-state index in [9.17, 15) is 4.39 Å². The van der Waals surface area contributed by atoms with Crippen LogP contribution in [-0.2, 0) is 0 Å². The Morgan fingerprint density at radius 3 is 2.20 bits per heavy atom. The first-order valence-electron chi connectivity index (χ1n) is 13.0. The first-order valence-corrected chi connectivity index (χ1v) is 13.0. The second kappa shape index (κ2) is 10.5. The van der Waals surface area contributed by atoms with Crippen LogP contribution in [0.5, 0.6) is 5.75 Å². The summed E-state index contributed by atoms with van der Waals surface area (Å²) in [7, 11) is 1.61. The number of methoxy groups -OCH3 is 1. The third-order valence-corrected chi connectivity index (χ3v) is 9.08. The fourth-order valence-electron chi connectivity index (χ4n) is 7.23. The van der Waals surface area contributed by atoms with Crippen LogP contribution in [-0.4, -0.2) is 7.11 Å². The maximum atomic E-state index is 14.6. The van der Waals surface area contributed by atoms with E-state index in [4.69, 9.17) is 4.74 Å². The van der Waals surface area contributed by atoms with Crippen molar-refractivity contribution in [3.63, 3.8) is 0 Å². The molecule has 4 atom stereocenters. The third-order valence-electron chi connectivity index (χ3n) is 9.08. The Labute approximate surface area is 184 Å². The van der Waals surface area contributed by atoms with Crippen molar-refractivity contribution in [2.45, 2.75) is 103 Å². The number of unbranched alkanes of at least 4 members (excludes halogenated alkanes) is 2. The lowest BCUT2D eigenvalue weighted by atomic mass is 9.60. The van der Waals surface area contributed by atoms with Gasteiger partial charge in [0.1, 0.15) is 11.6 Å². The van der Waals surface area contributed by atoms with E-state index in [0.717, 1.165) is 35.2 Å². The molecule has 1 aromatic carbocycles. The van der Waals surface area contributed by atoms with E-state index in [0.29, 0.717) is 11.7 Å². The molecule has 2 heteroatoms. The van der Waals surface area contributed by atoms with Crippen LogP contribution in [0.25, 0.3) is 0 Å². The molecule has 0 heterocycles. The van der Waals surface area contributed by atoms with Crippen LogP contribution in [0.2, 0.25) is 0 Å². The standard InChI is InChI=1S/C28H43FO/c1-3-4-5-6-20-7-9-21(10-8-20)22-11-12-24-18-25(14-13-23(24)17-22)27-16-15-26(30-2)19-28(27)29/h15-16,19-25H,3-14,17-18H2,1-2H3. The van der Waals surface area contributed by atoms with Gasteiger partial charge < -0.3 is 4.74 Å². The summed E-state index contributed by atoms with van der Waals surface area (Å²) < 4.78 is 19.8. The van der Waals surface area contributed by atoms with Gasteiger partial charge in [-0.25, -0.2) is 4.39 Å². The van der Waals surface area contributed by atoms with Gasteiger partial charge in [0, 0.05) is 6.07 Å². The summed E-state index contributed by atoms with van der Waals surface area (Å²) in [6.45, 7) is 2.31. The lowest BCUT2D eigenvalue weighted by molar-refractivity contribution is 0.0706. The van der Waals surface area contributed by atoms with E-state index in [1.165, 1.54) is 89.9 Å². The summed E-state index contributed by atoms with van der Waals surface area (Å²) in [4.78, 5) is 0. The Balaban J connectivity index is 1.26. The van der Waals surface area contributed by atoms with Crippen molar-refractivity contribution in [3.8, 4) is 5.75 Å². The van der Waals surface area contributed by atoms with Crippen LogP contribution in [0.3, 0.4) is 0 Å². The van der Waals surface area contributed by atoms with E-state index in [1.807, 2.05) is 12.1 Å². The molecule has 0 aromatic heterocycles. The molecule has 0 N–H and O–H groups in total. The summed E-state index contributed by atoms with van der Waals surface area (Å²) in [6, 6.07) is 5.47. The molecule has 3 fully saturated rings. The van der Waals surface area contributed by atoms with Crippen molar-refractivity contribution in [2.24, 2.45) is 29.6 Å². The normalized spacial score (nSPS) is 34.4. The lowest BCUT2D eigenvalue weighted by Crippen LogP contribution is -2.34. The van der Waals surface area contributed by atoms with Crippen molar-refractivity contribution < 1.29 is 9.13 Å². The average molecular weight is 415 g/mol. The van der Waals surface area contributed by atoms with Gasteiger partial charge in [-0.2, -0.15) is 0 Å². The lowest BCUT2D eigenvalue weighted by Gasteiger charge is -2.45. The Kier molecular flexibility index (Phi) is 7.76. The van der Waals surface area contributed by atoms with Crippen molar-refractivity contribution in [1.82, 2.24) is 0 Å². The zero-order valence-corrected chi connectivity index (χ0v) is 19.4. The molecule has 4 rings (SSSR count). The van der Waals surface area contributed by atoms with Gasteiger partial charge in [0.05, 0.1) is 7.11 Å². The molecule has 0 saturated heterocycles. The highest BCUT2D eigenvalue weighted by molar-refractivity contribution is 5.31. The molecule has 30 heavy (non-hydrogen) atoms. The molecule has 168 valence electrons. The molecule has 3 aliphatic rings. The highest BCUT2D eigenvalue weighted by Gasteiger charge is 2.39. The second-order valence-corrected chi connectivity index (χ2v) is 10.8. The zero-order chi connectivity index (χ0) is 20.9. The molecule has 3 aliphatic carbocycles. The van der Waals surface area contributed by atoms with E-state index >= 15 is 0 Å². The summed E-state index contributed by atoms with van der Waals surface area (Å²) in [5.41, 5.74) is 0.928. The first-order chi connectivity index (χ1) is 14.7. The average Bonchev–Trinajstić information content (AvgIpc) is 2.79. The summed E-state index contributed by atoms with van der Waals surface area (Å²) in [5, 5.41) is 0. The largest absolute Gasteiger partial charge is 0.497 e. The van der Waals surface area contributed by atoms with Crippen LogP contribution in [0.15, 0.2) is 18.2 Å². The van der Waals surface area contributed by atoms with E-state index in [1.54, 1.807) is 13.2 Å². The van der Waals surface area contributed by atoms with Crippen molar-refractivity contribution in [1.29, 1.82) is 0 Å². The van der Waals surface area contributed by atoms with Crippen LogP contribution >= 0.6 is 0 Å². The predicted octanol–water partition coefficient (Wildman–Crippen LogP) is 8.52. The van der Waals surface area contributed by atoms with E-state index in [2.05, 4.69) is 6.92 Å². The fraction of sp³-hybridized carbons (Fsp3) is 0.786. The van der Waals surface area contributed by atoms with Gasteiger partial charge in [0.15, 0.2) is 0 Å². The molecule has 0 spiro atoms. The predicted molar refractivity (Wildman–Crippen MR) is 123 cm³/mol. The molecule has 1 nitrogen and oxygen atoms in total. The molecule has 0 radical (unpaired) electrons.